The fourth-order valence-corrected chi connectivity index (χ4v) is 2.74. The summed E-state index contributed by atoms with van der Waals surface area (Å²) in [5, 5.41) is 12.6. The Kier molecular flexibility index (Phi) is 4.29. The minimum atomic E-state index is -0.337. The number of ether oxygens (including phenoxy) is 1. The van der Waals surface area contributed by atoms with Gasteiger partial charge in [-0.05, 0) is 38.0 Å². The van der Waals surface area contributed by atoms with Crippen molar-refractivity contribution in [3.63, 3.8) is 0 Å². The Bertz CT molecular complexity index is 794. The molecule has 1 fully saturated rings. The summed E-state index contributed by atoms with van der Waals surface area (Å²) in [7, 11) is 0. The number of hydrogen-bond acceptors (Lipinski definition) is 5. The molecule has 0 aliphatic carbocycles. The molecular formula is C16H19N3O4. The van der Waals surface area contributed by atoms with E-state index in [0.29, 0.717) is 23.3 Å². The van der Waals surface area contributed by atoms with Crippen LogP contribution in [0.4, 0.5) is 0 Å². The zero-order valence-corrected chi connectivity index (χ0v) is 12.9. The molecule has 0 radical (unpaired) electrons. The lowest BCUT2D eigenvalue weighted by molar-refractivity contribution is -0.122. The molecule has 7 heteroatoms. The van der Waals surface area contributed by atoms with Crippen molar-refractivity contribution in [3.8, 4) is 5.75 Å². The van der Waals surface area contributed by atoms with Crippen molar-refractivity contribution in [2.45, 2.75) is 32.4 Å². The first-order valence-electron chi connectivity index (χ1n) is 7.63. The van der Waals surface area contributed by atoms with Crippen LogP contribution in [0.2, 0.25) is 0 Å². The summed E-state index contributed by atoms with van der Waals surface area (Å²) >= 11 is 0. The van der Waals surface area contributed by atoms with Gasteiger partial charge in [0.15, 0.2) is 0 Å². The van der Waals surface area contributed by atoms with Gasteiger partial charge in [-0.1, -0.05) is 0 Å². The van der Waals surface area contributed by atoms with E-state index in [-0.39, 0.29) is 29.9 Å². The Labute approximate surface area is 132 Å². The lowest BCUT2D eigenvalue weighted by atomic mass is 10.2. The van der Waals surface area contributed by atoms with Gasteiger partial charge in [0.2, 0.25) is 5.91 Å². The van der Waals surface area contributed by atoms with E-state index in [4.69, 9.17) is 4.74 Å². The molecule has 23 heavy (non-hydrogen) atoms. The third-order valence-electron chi connectivity index (χ3n) is 3.98. The molecule has 1 atom stereocenters. The lowest BCUT2D eigenvalue weighted by Crippen LogP contribution is -2.37. The standard InChI is InChI=1S/C16H19N3O4/c1-10-18-14-5-4-11(20)7-13(14)16(22)19(10)9-15(21)17-8-12-3-2-6-23-12/h4-5,7,12,20H,2-3,6,8-9H2,1H3,(H,17,21). The van der Waals surface area contributed by atoms with Crippen molar-refractivity contribution in [2.75, 3.05) is 13.2 Å². The second-order valence-corrected chi connectivity index (χ2v) is 5.69. The predicted molar refractivity (Wildman–Crippen MR) is 84.4 cm³/mol. The van der Waals surface area contributed by atoms with Gasteiger partial charge in [-0.3, -0.25) is 14.2 Å². The van der Waals surface area contributed by atoms with Crippen LogP contribution in [0.25, 0.3) is 10.9 Å². The van der Waals surface area contributed by atoms with Crippen LogP contribution in [0.15, 0.2) is 23.0 Å². The zero-order valence-electron chi connectivity index (χ0n) is 12.9. The highest BCUT2D eigenvalue weighted by Crippen LogP contribution is 2.15. The average molecular weight is 317 g/mol. The van der Waals surface area contributed by atoms with Crippen molar-refractivity contribution in [1.82, 2.24) is 14.9 Å². The molecule has 0 bridgehead atoms. The van der Waals surface area contributed by atoms with E-state index in [9.17, 15) is 14.7 Å². The van der Waals surface area contributed by atoms with Crippen LogP contribution in [0, 0.1) is 6.92 Å². The summed E-state index contributed by atoms with van der Waals surface area (Å²) < 4.78 is 6.76. The van der Waals surface area contributed by atoms with E-state index in [1.807, 2.05) is 0 Å². The quantitative estimate of drug-likeness (QED) is 0.866. The average Bonchev–Trinajstić information content (AvgIpc) is 3.04. The van der Waals surface area contributed by atoms with Crippen molar-refractivity contribution in [3.05, 3.63) is 34.4 Å². The highest BCUT2D eigenvalue weighted by Gasteiger charge is 2.17. The van der Waals surface area contributed by atoms with Crippen molar-refractivity contribution < 1.29 is 14.6 Å². The van der Waals surface area contributed by atoms with E-state index in [2.05, 4.69) is 10.3 Å². The first kappa shape index (κ1) is 15.5. The van der Waals surface area contributed by atoms with Gasteiger partial charge < -0.3 is 15.2 Å². The number of amides is 1. The Hall–Kier alpha value is -2.41. The van der Waals surface area contributed by atoms with Crippen LogP contribution < -0.4 is 10.9 Å². The number of benzene rings is 1. The molecule has 0 saturated carbocycles. The molecule has 1 unspecified atom stereocenters. The van der Waals surface area contributed by atoms with Gasteiger partial charge in [-0.2, -0.15) is 0 Å². The molecule has 1 aromatic carbocycles. The number of aromatic hydroxyl groups is 1. The number of aromatic nitrogens is 2. The molecule has 2 heterocycles. The second-order valence-electron chi connectivity index (χ2n) is 5.69. The van der Waals surface area contributed by atoms with Crippen LogP contribution in [-0.4, -0.2) is 39.8 Å². The SMILES string of the molecule is Cc1nc2ccc(O)cc2c(=O)n1CC(=O)NCC1CCCO1. The maximum atomic E-state index is 12.5. The van der Waals surface area contributed by atoms with Crippen LogP contribution in [0.1, 0.15) is 18.7 Å². The Morgan fingerprint density at radius 2 is 2.35 bits per heavy atom. The van der Waals surface area contributed by atoms with E-state index >= 15 is 0 Å². The van der Waals surface area contributed by atoms with Crippen molar-refractivity contribution >= 4 is 16.8 Å². The van der Waals surface area contributed by atoms with Crippen molar-refractivity contribution in [2.24, 2.45) is 0 Å². The van der Waals surface area contributed by atoms with Gasteiger partial charge in [0.1, 0.15) is 18.1 Å². The number of carbonyl (C=O) groups is 1. The number of rotatable bonds is 4. The molecule has 7 nitrogen and oxygen atoms in total. The van der Waals surface area contributed by atoms with Gasteiger partial charge in [0.25, 0.3) is 5.56 Å². The monoisotopic (exact) mass is 317 g/mol. The molecule has 2 aromatic rings. The minimum absolute atomic E-state index is 0.00497. The smallest absolute Gasteiger partial charge is 0.261 e. The molecule has 122 valence electrons. The summed E-state index contributed by atoms with van der Waals surface area (Å²) in [5.74, 6) is 0.196. The number of aryl methyl sites for hydroxylation is 1. The third kappa shape index (κ3) is 3.34. The molecular weight excluding hydrogens is 298 g/mol. The molecule has 0 spiro atoms. The maximum Gasteiger partial charge on any atom is 0.261 e. The molecule has 1 aromatic heterocycles. The zero-order chi connectivity index (χ0) is 16.4. The summed E-state index contributed by atoms with van der Waals surface area (Å²) in [6, 6.07) is 4.43. The van der Waals surface area contributed by atoms with Crippen LogP contribution in [0.5, 0.6) is 5.75 Å². The number of nitrogens with zero attached hydrogens (tertiary/aromatic N) is 2. The maximum absolute atomic E-state index is 12.5. The van der Waals surface area contributed by atoms with Crippen molar-refractivity contribution in [1.29, 1.82) is 0 Å². The van der Waals surface area contributed by atoms with Gasteiger partial charge in [0.05, 0.1) is 17.0 Å². The van der Waals surface area contributed by atoms with Gasteiger partial charge in [-0.25, -0.2) is 4.98 Å². The summed E-state index contributed by atoms with van der Waals surface area (Å²) in [5.41, 5.74) is 0.164. The van der Waals surface area contributed by atoms with Crippen LogP contribution >= 0.6 is 0 Å². The van der Waals surface area contributed by atoms with Gasteiger partial charge in [0, 0.05) is 13.2 Å². The number of fused-ring (bicyclic) bond motifs is 1. The highest BCUT2D eigenvalue weighted by atomic mass is 16.5. The Morgan fingerprint density at radius 3 is 3.09 bits per heavy atom. The summed E-state index contributed by atoms with van der Waals surface area (Å²) in [6.45, 7) is 2.77. The van der Waals surface area contributed by atoms with Crippen LogP contribution in [0.3, 0.4) is 0 Å². The fourth-order valence-electron chi connectivity index (χ4n) is 2.74. The fraction of sp³-hybridized carbons (Fsp3) is 0.438. The number of carbonyl (C=O) groups excluding carboxylic acids is 1. The molecule has 2 N–H and O–H groups in total. The first-order valence-corrected chi connectivity index (χ1v) is 7.63. The van der Waals surface area contributed by atoms with E-state index in [0.717, 1.165) is 19.4 Å². The summed E-state index contributed by atoms with van der Waals surface area (Å²) in [4.78, 5) is 28.9. The van der Waals surface area contributed by atoms with E-state index < -0.39 is 0 Å². The highest BCUT2D eigenvalue weighted by molar-refractivity contribution is 5.80. The number of hydrogen-bond donors (Lipinski definition) is 2. The number of phenols is 1. The first-order chi connectivity index (χ1) is 11.0. The Balaban J connectivity index is 1.78. The molecule has 3 rings (SSSR count). The Morgan fingerprint density at radius 1 is 1.52 bits per heavy atom. The lowest BCUT2D eigenvalue weighted by Gasteiger charge is -2.13. The third-order valence-corrected chi connectivity index (χ3v) is 3.98. The minimum Gasteiger partial charge on any atom is -0.508 e. The topological polar surface area (TPSA) is 93.5 Å². The summed E-state index contributed by atoms with van der Waals surface area (Å²) in [6.07, 6.45) is 2.01. The van der Waals surface area contributed by atoms with Gasteiger partial charge >= 0.3 is 0 Å². The normalized spacial score (nSPS) is 17.5. The number of nitrogens with one attached hydrogen (secondary N) is 1. The predicted octanol–water partition coefficient (Wildman–Crippen LogP) is 0.706. The molecule has 1 aliphatic heterocycles. The molecule has 1 amide bonds. The van der Waals surface area contributed by atoms with Crippen LogP contribution in [-0.2, 0) is 16.1 Å². The largest absolute Gasteiger partial charge is 0.508 e. The van der Waals surface area contributed by atoms with E-state index in [1.165, 1.54) is 16.7 Å². The van der Waals surface area contributed by atoms with E-state index in [1.54, 1.807) is 13.0 Å². The second kappa shape index (κ2) is 6.37. The van der Waals surface area contributed by atoms with Gasteiger partial charge in [-0.15, -0.1) is 0 Å². The number of phenolic OH excluding ortho intramolecular Hbond substituents is 1. The molecule has 1 saturated heterocycles. The molecule has 1 aliphatic rings.